The standard InChI is InChI=1S/C20H24N2O8S/c1-13(22-31(25,26)16-8-5-14(27-2)6-9-16)20(24)30-12-19(23)21-17-10-7-15(28-3)11-18(17)29-4/h5-11,13,22H,12H2,1-4H3,(H,21,23)/t13-/m0/s1. The fourth-order valence-electron chi connectivity index (χ4n) is 2.45. The van der Waals surface area contributed by atoms with Crippen LogP contribution in [0.4, 0.5) is 5.69 Å². The Bertz CT molecular complexity index is 1020. The molecule has 0 fully saturated rings. The molecule has 0 bridgehead atoms. The van der Waals surface area contributed by atoms with Crippen LogP contribution in [0.15, 0.2) is 47.4 Å². The number of ether oxygens (including phenoxy) is 4. The van der Waals surface area contributed by atoms with Crippen molar-refractivity contribution in [2.75, 3.05) is 33.3 Å². The number of carbonyl (C=O) groups is 2. The van der Waals surface area contributed by atoms with Crippen molar-refractivity contribution in [3.8, 4) is 17.2 Å². The topological polar surface area (TPSA) is 129 Å². The molecule has 0 spiro atoms. The minimum absolute atomic E-state index is 0.0442. The molecule has 2 aromatic carbocycles. The van der Waals surface area contributed by atoms with Gasteiger partial charge in [-0.1, -0.05) is 0 Å². The number of nitrogens with one attached hydrogen (secondary N) is 2. The lowest BCUT2D eigenvalue weighted by atomic mass is 10.2. The third kappa shape index (κ3) is 6.59. The highest BCUT2D eigenvalue weighted by Crippen LogP contribution is 2.28. The molecular weight excluding hydrogens is 428 g/mol. The zero-order chi connectivity index (χ0) is 23.0. The summed E-state index contributed by atoms with van der Waals surface area (Å²) in [6, 6.07) is 9.21. The molecule has 2 rings (SSSR count). The van der Waals surface area contributed by atoms with Crippen LogP contribution in [0.1, 0.15) is 6.92 Å². The van der Waals surface area contributed by atoms with E-state index < -0.39 is 34.5 Å². The summed E-state index contributed by atoms with van der Waals surface area (Å²) in [5.74, 6) is -0.138. The van der Waals surface area contributed by atoms with Crippen molar-refractivity contribution in [2.45, 2.75) is 17.9 Å². The second-order valence-corrected chi connectivity index (χ2v) is 7.95. The van der Waals surface area contributed by atoms with Crippen LogP contribution in [0.2, 0.25) is 0 Å². The van der Waals surface area contributed by atoms with E-state index in [0.717, 1.165) is 0 Å². The Hall–Kier alpha value is -3.31. The van der Waals surface area contributed by atoms with Crippen LogP contribution >= 0.6 is 0 Å². The van der Waals surface area contributed by atoms with Crippen LogP contribution in [-0.4, -0.2) is 54.3 Å². The van der Waals surface area contributed by atoms with Gasteiger partial charge in [0.05, 0.1) is 31.9 Å². The van der Waals surface area contributed by atoms with Gasteiger partial charge in [0.15, 0.2) is 6.61 Å². The highest BCUT2D eigenvalue weighted by atomic mass is 32.2. The summed E-state index contributed by atoms with van der Waals surface area (Å²) in [6.45, 7) is 0.705. The molecule has 0 radical (unpaired) electrons. The first kappa shape index (κ1) is 24.0. The van der Waals surface area contributed by atoms with Gasteiger partial charge in [0.1, 0.15) is 23.3 Å². The van der Waals surface area contributed by atoms with Crippen molar-refractivity contribution >= 4 is 27.6 Å². The SMILES string of the molecule is COc1ccc(S(=O)(=O)N[C@@H](C)C(=O)OCC(=O)Nc2ccc(OC)cc2OC)cc1. The molecule has 0 aliphatic rings. The number of esters is 1. The zero-order valence-corrected chi connectivity index (χ0v) is 18.3. The molecule has 11 heteroatoms. The number of methoxy groups -OCH3 is 3. The van der Waals surface area contributed by atoms with Gasteiger partial charge in [0.25, 0.3) is 5.91 Å². The summed E-state index contributed by atoms with van der Waals surface area (Å²) in [5, 5.41) is 2.54. The first-order valence-corrected chi connectivity index (χ1v) is 10.5. The molecule has 2 N–H and O–H groups in total. The van der Waals surface area contributed by atoms with Crippen molar-refractivity contribution in [1.82, 2.24) is 4.72 Å². The minimum Gasteiger partial charge on any atom is -0.497 e. The molecule has 1 amide bonds. The molecule has 2 aromatic rings. The van der Waals surface area contributed by atoms with Gasteiger partial charge in [-0.25, -0.2) is 8.42 Å². The van der Waals surface area contributed by atoms with Gasteiger partial charge in [-0.3, -0.25) is 9.59 Å². The van der Waals surface area contributed by atoms with Crippen molar-refractivity contribution in [1.29, 1.82) is 0 Å². The van der Waals surface area contributed by atoms with Gasteiger partial charge in [-0.05, 0) is 43.3 Å². The Morgan fingerprint density at radius 2 is 1.55 bits per heavy atom. The van der Waals surface area contributed by atoms with Crippen LogP contribution in [0.5, 0.6) is 17.2 Å². The monoisotopic (exact) mass is 452 g/mol. The number of hydrogen-bond acceptors (Lipinski definition) is 8. The molecule has 10 nitrogen and oxygen atoms in total. The quantitative estimate of drug-likeness (QED) is 0.520. The molecule has 0 aliphatic heterocycles. The smallest absolute Gasteiger partial charge is 0.324 e. The lowest BCUT2D eigenvalue weighted by Gasteiger charge is -2.15. The number of carbonyl (C=O) groups excluding carboxylic acids is 2. The number of benzene rings is 2. The highest BCUT2D eigenvalue weighted by molar-refractivity contribution is 7.89. The van der Waals surface area contributed by atoms with E-state index >= 15 is 0 Å². The lowest BCUT2D eigenvalue weighted by molar-refractivity contribution is -0.148. The van der Waals surface area contributed by atoms with Gasteiger partial charge in [0.2, 0.25) is 10.0 Å². The predicted octanol–water partition coefficient (Wildman–Crippen LogP) is 1.56. The number of anilines is 1. The fourth-order valence-corrected chi connectivity index (χ4v) is 3.65. The molecule has 0 heterocycles. The average molecular weight is 452 g/mol. The lowest BCUT2D eigenvalue weighted by Crippen LogP contribution is -2.40. The maximum Gasteiger partial charge on any atom is 0.324 e. The van der Waals surface area contributed by atoms with Crippen LogP contribution in [0.3, 0.4) is 0 Å². The Balaban J connectivity index is 1.91. The zero-order valence-electron chi connectivity index (χ0n) is 17.5. The molecule has 0 aliphatic carbocycles. The fraction of sp³-hybridized carbons (Fsp3) is 0.300. The third-order valence-electron chi connectivity index (χ3n) is 4.08. The molecule has 0 aromatic heterocycles. The summed E-state index contributed by atoms with van der Waals surface area (Å²) in [4.78, 5) is 24.2. The summed E-state index contributed by atoms with van der Waals surface area (Å²) < 4.78 is 47.1. The number of hydrogen-bond donors (Lipinski definition) is 2. The average Bonchev–Trinajstić information content (AvgIpc) is 2.77. The highest BCUT2D eigenvalue weighted by Gasteiger charge is 2.24. The van der Waals surface area contributed by atoms with Crippen molar-refractivity contribution in [2.24, 2.45) is 0 Å². The summed E-state index contributed by atoms with van der Waals surface area (Å²) in [5.41, 5.74) is 0.359. The first-order chi connectivity index (χ1) is 14.7. The second kappa shape index (κ2) is 10.6. The largest absolute Gasteiger partial charge is 0.497 e. The Labute approximate surface area is 180 Å². The van der Waals surface area contributed by atoms with Gasteiger partial charge < -0.3 is 24.3 Å². The number of amides is 1. The Kier molecular flexibility index (Phi) is 8.22. The van der Waals surface area contributed by atoms with E-state index in [4.69, 9.17) is 18.9 Å². The number of rotatable bonds is 10. The molecule has 0 saturated heterocycles. The molecular formula is C20H24N2O8S. The molecule has 0 unspecified atom stereocenters. The second-order valence-electron chi connectivity index (χ2n) is 6.24. The van der Waals surface area contributed by atoms with E-state index in [9.17, 15) is 18.0 Å². The van der Waals surface area contributed by atoms with Crippen LogP contribution in [0.25, 0.3) is 0 Å². The van der Waals surface area contributed by atoms with Crippen molar-refractivity contribution in [3.63, 3.8) is 0 Å². The first-order valence-electron chi connectivity index (χ1n) is 9.05. The van der Waals surface area contributed by atoms with Crippen molar-refractivity contribution < 1.29 is 37.0 Å². The van der Waals surface area contributed by atoms with Gasteiger partial charge >= 0.3 is 5.97 Å². The normalized spacial score (nSPS) is 11.9. The third-order valence-corrected chi connectivity index (χ3v) is 5.64. The van der Waals surface area contributed by atoms with Crippen LogP contribution < -0.4 is 24.2 Å². The van der Waals surface area contributed by atoms with E-state index in [2.05, 4.69) is 10.0 Å². The van der Waals surface area contributed by atoms with Crippen LogP contribution in [-0.2, 0) is 24.3 Å². The van der Waals surface area contributed by atoms with Gasteiger partial charge in [-0.15, -0.1) is 0 Å². The minimum atomic E-state index is -3.97. The molecule has 31 heavy (non-hydrogen) atoms. The van der Waals surface area contributed by atoms with E-state index in [1.165, 1.54) is 52.5 Å². The molecule has 0 saturated carbocycles. The van der Waals surface area contributed by atoms with Gasteiger partial charge in [0, 0.05) is 6.07 Å². The Morgan fingerprint density at radius 1 is 0.935 bits per heavy atom. The maximum atomic E-state index is 12.4. The maximum absolute atomic E-state index is 12.4. The predicted molar refractivity (Wildman–Crippen MR) is 112 cm³/mol. The van der Waals surface area contributed by atoms with E-state index in [0.29, 0.717) is 22.9 Å². The van der Waals surface area contributed by atoms with Crippen LogP contribution in [0, 0.1) is 0 Å². The van der Waals surface area contributed by atoms with E-state index in [-0.39, 0.29) is 4.90 Å². The van der Waals surface area contributed by atoms with E-state index in [1.807, 2.05) is 0 Å². The molecule has 168 valence electrons. The Morgan fingerprint density at radius 3 is 2.13 bits per heavy atom. The summed E-state index contributed by atoms with van der Waals surface area (Å²) in [7, 11) is 0.420. The van der Waals surface area contributed by atoms with E-state index in [1.54, 1.807) is 18.2 Å². The van der Waals surface area contributed by atoms with Gasteiger partial charge in [-0.2, -0.15) is 4.72 Å². The summed E-state index contributed by atoms with van der Waals surface area (Å²) in [6.07, 6.45) is 0. The van der Waals surface area contributed by atoms with Crippen molar-refractivity contribution in [3.05, 3.63) is 42.5 Å². The number of sulfonamides is 1. The molecule has 1 atom stereocenters. The summed E-state index contributed by atoms with van der Waals surface area (Å²) >= 11 is 0.